The maximum atomic E-state index is 6.03. The second-order valence-corrected chi connectivity index (χ2v) is 5.02. The minimum Gasteiger partial charge on any atom is -0.481 e. The van der Waals surface area contributed by atoms with Gasteiger partial charge in [-0.05, 0) is 30.2 Å². The van der Waals surface area contributed by atoms with Crippen molar-refractivity contribution in [3.8, 4) is 5.88 Å². The van der Waals surface area contributed by atoms with Crippen molar-refractivity contribution >= 4 is 22.8 Å². The molecule has 6 heteroatoms. The van der Waals surface area contributed by atoms with Gasteiger partial charge in [0.2, 0.25) is 5.88 Å². The molecule has 0 amide bonds. The zero-order valence-corrected chi connectivity index (χ0v) is 12.6. The van der Waals surface area contributed by atoms with Gasteiger partial charge < -0.3 is 9.30 Å². The lowest BCUT2D eigenvalue weighted by molar-refractivity contribution is 0.397. The number of halogens is 1. The van der Waals surface area contributed by atoms with Crippen molar-refractivity contribution in [2.75, 3.05) is 7.11 Å². The van der Waals surface area contributed by atoms with Crippen LogP contribution >= 0.6 is 11.6 Å². The summed E-state index contributed by atoms with van der Waals surface area (Å²) in [5.74, 6) is 1.75. The van der Waals surface area contributed by atoms with E-state index in [2.05, 4.69) is 15.0 Å². The molecule has 0 radical (unpaired) electrons. The van der Waals surface area contributed by atoms with Crippen LogP contribution in [0.25, 0.3) is 11.2 Å². The van der Waals surface area contributed by atoms with E-state index in [0.29, 0.717) is 18.3 Å². The number of pyridine rings is 2. The molecule has 0 unspecified atom stereocenters. The van der Waals surface area contributed by atoms with Gasteiger partial charge in [-0.25, -0.2) is 15.0 Å². The van der Waals surface area contributed by atoms with Gasteiger partial charge in [-0.2, -0.15) is 0 Å². The molecule has 0 N–H and O–H groups in total. The predicted molar refractivity (Wildman–Crippen MR) is 81.7 cm³/mol. The zero-order valence-electron chi connectivity index (χ0n) is 11.9. The number of fused-ring (bicyclic) bond motifs is 1. The van der Waals surface area contributed by atoms with Crippen LogP contribution in [0.15, 0.2) is 30.6 Å². The Balaban J connectivity index is 2.08. The summed E-state index contributed by atoms with van der Waals surface area (Å²) >= 11 is 6.03. The fourth-order valence-electron chi connectivity index (χ4n) is 2.29. The number of aromatic nitrogens is 4. The second-order valence-electron chi connectivity index (χ2n) is 4.75. The summed E-state index contributed by atoms with van der Waals surface area (Å²) in [5, 5.41) is 0. The lowest BCUT2D eigenvalue weighted by Gasteiger charge is -2.08. The third kappa shape index (κ3) is 2.56. The Hall–Kier alpha value is -2.14. The first kappa shape index (κ1) is 13.8. The third-order valence-electron chi connectivity index (χ3n) is 3.38. The van der Waals surface area contributed by atoms with Gasteiger partial charge in [0.15, 0.2) is 5.65 Å². The second kappa shape index (κ2) is 5.69. The molecule has 0 fully saturated rings. The van der Waals surface area contributed by atoms with Gasteiger partial charge in [0.25, 0.3) is 0 Å². The van der Waals surface area contributed by atoms with Gasteiger partial charge in [-0.1, -0.05) is 0 Å². The molecule has 0 atom stereocenters. The molecule has 3 aromatic rings. The van der Waals surface area contributed by atoms with E-state index < -0.39 is 0 Å². The molecule has 0 saturated heterocycles. The summed E-state index contributed by atoms with van der Waals surface area (Å²) in [4.78, 5) is 13.2. The van der Waals surface area contributed by atoms with Crippen LogP contribution in [0.3, 0.4) is 0 Å². The van der Waals surface area contributed by atoms with Gasteiger partial charge in [0.1, 0.15) is 11.3 Å². The van der Waals surface area contributed by atoms with Crippen molar-refractivity contribution in [2.24, 2.45) is 0 Å². The van der Waals surface area contributed by atoms with Crippen molar-refractivity contribution in [3.05, 3.63) is 47.5 Å². The fraction of sp³-hybridized carbons (Fsp3) is 0.267. The van der Waals surface area contributed by atoms with Crippen LogP contribution in [0, 0.1) is 6.92 Å². The molecule has 0 aromatic carbocycles. The summed E-state index contributed by atoms with van der Waals surface area (Å²) < 4.78 is 7.19. The molecule has 21 heavy (non-hydrogen) atoms. The first-order valence-electron chi connectivity index (χ1n) is 6.58. The Morgan fingerprint density at radius 1 is 1.24 bits per heavy atom. The number of ether oxygens (including phenoxy) is 1. The van der Waals surface area contributed by atoms with Crippen LogP contribution in [0.2, 0.25) is 0 Å². The van der Waals surface area contributed by atoms with E-state index in [-0.39, 0.29) is 0 Å². The molecule has 3 rings (SSSR count). The zero-order chi connectivity index (χ0) is 14.8. The summed E-state index contributed by atoms with van der Waals surface area (Å²) in [7, 11) is 1.60. The SMILES string of the molecule is COc1cc(Cn2c(CCl)nc3c(C)ccnc32)ccn1. The van der Waals surface area contributed by atoms with Gasteiger partial charge in [0, 0.05) is 18.5 Å². The lowest BCUT2D eigenvalue weighted by Crippen LogP contribution is -2.05. The normalized spacial score (nSPS) is 11.0. The third-order valence-corrected chi connectivity index (χ3v) is 3.62. The van der Waals surface area contributed by atoms with Crippen molar-refractivity contribution in [1.82, 2.24) is 19.5 Å². The van der Waals surface area contributed by atoms with Gasteiger partial charge in [0.05, 0.1) is 19.5 Å². The van der Waals surface area contributed by atoms with Crippen LogP contribution in [-0.2, 0) is 12.4 Å². The Kier molecular flexibility index (Phi) is 3.75. The van der Waals surface area contributed by atoms with Crippen LogP contribution < -0.4 is 4.74 Å². The highest BCUT2D eigenvalue weighted by Crippen LogP contribution is 2.20. The topological polar surface area (TPSA) is 52.8 Å². The van der Waals surface area contributed by atoms with E-state index in [0.717, 1.165) is 28.1 Å². The monoisotopic (exact) mass is 302 g/mol. The first-order valence-corrected chi connectivity index (χ1v) is 7.12. The Morgan fingerprint density at radius 3 is 2.81 bits per heavy atom. The van der Waals surface area contributed by atoms with E-state index in [1.165, 1.54) is 0 Å². The van der Waals surface area contributed by atoms with Crippen molar-refractivity contribution in [2.45, 2.75) is 19.3 Å². The summed E-state index contributed by atoms with van der Waals surface area (Å²) in [6.45, 7) is 2.66. The molecule has 0 bridgehead atoms. The molecule has 0 aliphatic carbocycles. The van der Waals surface area contributed by atoms with Crippen LogP contribution in [0.4, 0.5) is 0 Å². The molecule has 5 nitrogen and oxygen atoms in total. The Bertz CT molecular complexity index is 784. The summed E-state index contributed by atoms with van der Waals surface area (Å²) in [6.07, 6.45) is 3.52. The van der Waals surface area contributed by atoms with E-state index in [1.54, 1.807) is 19.5 Å². The standard InChI is InChI=1S/C15H15ClN4O/c1-10-3-5-18-15-14(10)19-12(8-16)20(15)9-11-4-6-17-13(7-11)21-2/h3-7H,8-9H2,1-2H3. The number of alkyl halides is 1. The molecule has 3 aromatic heterocycles. The van der Waals surface area contributed by atoms with E-state index in [9.17, 15) is 0 Å². The summed E-state index contributed by atoms with van der Waals surface area (Å²) in [5.41, 5.74) is 3.91. The largest absolute Gasteiger partial charge is 0.481 e. The molecule has 0 spiro atoms. The van der Waals surface area contributed by atoms with Crippen LogP contribution in [0.5, 0.6) is 5.88 Å². The maximum absolute atomic E-state index is 6.03. The number of hydrogen-bond donors (Lipinski definition) is 0. The highest BCUT2D eigenvalue weighted by Gasteiger charge is 2.13. The number of rotatable bonds is 4. The minimum atomic E-state index is 0.345. The highest BCUT2D eigenvalue weighted by atomic mass is 35.5. The minimum absolute atomic E-state index is 0.345. The lowest BCUT2D eigenvalue weighted by atomic mass is 10.2. The molecule has 3 heterocycles. The van der Waals surface area contributed by atoms with Crippen molar-refractivity contribution in [1.29, 1.82) is 0 Å². The molecule has 108 valence electrons. The van der Waals surface area contributed by atoms with Crippen molar-refractivity contribution in [3.63, 3.8) is 0 Å². The number of aryl methyl sites for hydroxylation is 1. The number of imidazole rings is 1. The molecule has 0 aliphatic heterocycles. The van der Waals surface area contributed by atoms with Crippen LogP contribution in [-0.4, -0.2) is 26.6 Å². The average molecular weight is 303 g/mol. The van der Waals surface area contributed by atoms with Crippen LogP contribution in [0.1, 0.15) is 17.0 Å². The molecular formula is C15H15ClN4O. The smallest absolute Gasteiger partial charge is 0.213 e. The Morgan fingerprint density at radius 2 is 2.05 bits per heavy atom. The quantitative estimate of drug-likeness (QED) is 0.695. The van der Waals surface area contributed by atoms with Gasteiger partial charge in [-0.15, -0.1) is 11.6 Å². The van der Waals surface area contributed by atoms with Gasteiger partial charge >= 0.3 is 0 Å². The van der Waals surface area contributed by atoms with E-state index >= 15 is 0 Å². The van der Waals surface area contributed by atoms with E-state index in [1.807, 2.05) is 29.7 Å². The van der Waals surface area contributed by atoms with Crippen molar-refractivity contribution < 1.29 is 4.74 Å². The average Bonchev–Trinajstić information content (AvgIpc) is 2.87. The number of methoxy groups -OCH3 is 1. The molecule has 0 saturated carbocycles. The molecular weight excluding hydrogens is 288 g/mol. The van der Waals surface area contributed by atoms with E-state index in [4.69, 9.17) is 16.3 Å². The first-order chi connectivity index (χ1) is 10.2. The highest BCUT2D eigenvalue weighted by molar-refractivity contribution is 6.16. The molecule has 0 aliphatic rings. The number of nitrogens with zero attached hydrogens (tertiary/aromatic N) is 4. The fourth-order valence-corrected chi connectivity index (χ4v) is 2.50. The predicted octanol–water partition coefficient (Wildman–Crippen LogP) is 2.93. The Labute approximate surface area is 127 Å². The maximum Gasteiger partial charge on any atom is 0.213 e. The van der Waals surface area contributed by atoms with Gasteiger partial charge in [-0.3, -0.25) is 0 Å². The summed E-state index contributed by atoms with van der Waals surface area (Å²) in [6, 6.07) is 5.80. The number of hydrogen-bond acceptors (Lipinski definition) is 4.